The minimum absolute atomic E-state index is 0.0668. The molecule has 0 radical (unpaired) electrons. The molecule has 0 unspecified atom stereocenters. The lowest BCUT2D eigenvalue weighted by atomic mass is 10.1. The van der Waals surface area contributed by atoms with Crippen molar-refractivity contribution < 1.29 is 14.0 Å². The Morgan fingerprint density at radius 2 is 1.87 bits per heavy atom. The van der Waals surface area contributed by atoms with E-state index in [0.29, 0.717) is 23.5 Å². The van der Waals surface area contributed by atoms with Crippen LogP contribution in [0.1, 0.15) is 22.5 Å². The van der Waals surface area contributed by atoms with E-state index >= 15 is 0 Å². The molecule has 6 heteroatoms. The van der Waals surface area contributed by atoms with Gasteiger partial charge in [0.15, 0.2) is 0 Å². The Labute approximate surface area is 177 Å². The second-order valence-corrected chi connectivity index (χ2v) is 8.30. The molecule has 30 heavy (non-hydrogen) atoms. The van der Waals surface area contributed by atoms with Crippen molar-refractivity contribution in [3.05, 3.63) is 77.0 Å². The van der Waals surface area contributed by atoms with Crippen LogP contribution in [0.2, 0.25) is 0 Å². The van der Waals surface area contributed by atoms with Crippen molar-refractivity contribution in [2.75, 3.05) is 11.9 Å². The van der Waals surface area contributed by atoms with Gasteiger partial charge in [-0.1, -0.05) is 24.3 Å². The van der Waals surface area contributed by atoms with E-state index in [0.717, 1.165) is 28.7 Å². The SMILES string of the molecule is O=C(Nc1ccc(-c2cc3ccccc3o2)cc1)[C@H]1CCCN1C(=O)c1cccs1. The fraction of sp³-hybridized carbons (Fsp3) is 0.167. The molecule has 1 fully saturated rings. The van der Waals surface area contributed by atoms with Gasteiger partial charge < -0.3 is 14.6 Å². The predicted molar refractivity (Wildman–Crippen MR) is 119 cm³/mol. The van der Waals surface area contributed by atoms with Gasteiger partial charge in [0.25, 0.3) is 5.91 Å². The number of furan rings is 1. The Kier molecular flexibility index (Phi) is 4.85. The summed E-state index contributed by atoms with van der Waals surface area (Å²) in [7, 11) is 0. The number of benzene rings is 2. The van der Waals surface area contributed by atoms with Gasteiger partial charge in [0.2, 0.25) is 5.91 Å². The number of para-hydroxylation sites is 1. The zero-order valence-corrected chi connectivity index (χ0v) is 17.0. The lowest BCUT2D eigenvalue weighted by Gasteiger charge is -2.23. The Bertz CT molecular complexity index is 1160. The molecule has 1 aliphatic rings. The zero-order valence-electron chi connectivity index (χ0n) is 16.2. The number of carbonyl (C=O) groups excluding carboxylic acids is 2. The average Bonchev–Trinajstić information content (AvgIpc) is 3.54. The third-order valence-corrected chi connectivity index (χ3v) is 6.27. The van der Waals surface area contributed by atoms with Crippen LogP contribution in [0.4, 0.5) is 5.69 Å². The Balaban J connectivity index is 1.29. The summed E-state index contributed by atoms with van der Waals surface area (Å²) in [4.78, 5) is 27.9. The molecule has 0 spiro atoms. The molecule has 0 bridgehead atoms. The first kappa shape index (κ1) is 18.6. The van der Waals surface area contributed by atoms with E-state index < -0.39 is 6.04 Å². The Morgan fingerprint density at radius 3 is 2.63 bits per heavy atom. The molecule has 2 amide bonds. The lowest BCUT2D eigenvalue weighted by molar-refractivity contribution is -0.119. The summed E-state index contributed by atoms with van der Waals surface area (Å²) in [5, 5.41) is 5.89. The first-order valence-electron chi connectivity index (χ1n) is 9.93. The van der Waals surface area contributed by atoms with E-state index in [-0.39, 0.29) is 11.8 Å². The monoisotopic (exact) mass is 416 g/mol. The third kappa shape index (κ3) is 3.50. The van der Waals surface area contributed by atoms with Crippen LogP contribution in [0.5, 0.6) is 0 Å². The van der Waals surface area contributed by atoms with Crippen LogP contribution in [-0.4, -0.2) is 29.3 Å². The minimum atomic E-state index is -0.436. The topological polar surface area (TPSA) is 62.6 Å². The molecule has 2 aromatic carbocycles. The normalized spacial score (nSPS) is 16.1. The molecule has 5 nitrogen and oxygen atoms in total. The maximum Gasteiger partial charge on any atom is 0.264 e. The second kappa shape index (κ2) is 7.80. The average molecular weight is 417 g/mol. The quantitative estimate of drug-likeness (QED) is 0.484. The first-order valence-corrected chi connectivity index (χ1v) is 10.8. The minimum Gasteiger partial charge on any atom is -0.456 e. The van der Waals surface area contributed by atoms with Crippen molar-refractivity contribution >= 4 is 39.8 Å². The summed E-state index contributed by atoms with van der Waals surface area (Å²) < 4.78 is 5.90. The lowest BCUT2D eigenvalue weighted by Crippen LogP contribution is -2.42. The summed E-state index contributed by atoms with van der Waals surface area (Å²) in [5.74, 6) is 0.578. The maximum absolute atomic E-state index is 12.9. The number of nitrogens with one attached hydrogen (secondary N) is 1. The predicted octanol–water partition coefficient (Wildman–Crippen LogP) is 5.40. The van der Waals surface area contributed by atoms with Crippen molar-refractivity contribution in [2.24, 2.45) is 0 Å². The van der Waals surface area contributed by atoms with Crippen molar-refractivity contribution in [1.29, 1.82) is 0 Å². The Morgan fingerprint density at radius 1 is 1.03 bits per heavy atom. The fourth-order valence-electron chi connectivity index (χ4n) is 3.89. The molecule has 0 saturated carbocycles. The van der Waals surface area contributed by atoms with Gasteiger partial charge in [0.05, 0.1) is 4.88 Å². The van der Waals surface area contributed by atoms with Crippen LogP contribution in [0.15, 0.2) is 76.5 Å². The van der Waals surface area contributed by atoms with Crippen molar-refractivity contribution in [1.82, 2.24) is 4.90 Å². The van der Waals surface area contributed by atoms with Gasteiger partial charge in [-0.25, -0.2) is 0 Å². The highest BCUT2D eigenvalue weighted by molar-refractivity contribution is 7.12. The van der Waals surface area contributed by atoms with Gasteiger partial charge in [-0.15, -0.1) is 11.3 Å². The molecule has 1 aliphatic heterocycles. The van der Waals surface area contributed by atoms with Crippen molar-refractivity contribution in [3.63, 3.8) is 0 Å². The van der Waals surface area contributed by atoms with Crippen LogP contribution >= 0.6 is 11.3 Å². The number of thiophene rings is 1. The largest absolute Gasteiger partial charge is 0.456 e. The highest BCUT2D eigenvalue weighted by Gasteiger charge is 2.34. The van der Waals surface area contributed by atoms with Crippen LogP contribution < -0.4 is 5.32 Å². The van der Waals surface area contributed by atoms with Gasteiger partial charge in [-0.3, -0.25) is 9.59 Å². The highest BCUT2D eigenvalue weighted by atomic mass is 32.1. The van der Waals surface area contributed by atoms with E-state index in [4.69, 9.17) is 4.42 Å². The van der Waals surface area contributed by atoms with E-state index in [1.165, 1.54) is 11.3 Å². The molecule has 0 aliphatic carbocycles. The molecule has 2 aromatic heterocycles. The molecule has 150 valence electrons. The van der Waals surface area contributed by atoms with Crippen LogP contribution in [-0.2, 0) is 4.79 Å². The summed E-state index contributed by atoms with van der Waals surface area (Å²) in [6.07, 6.45) is 1.51. The van der Waals surface area contributed by atoms with E-state index in [2.05, 4.69) is 5.32 Å². The molecule has 1 saturated heterocycles. The van der Waals surface area contributed by atoms with Gasteiger partial charge >= 0.3 is 0 Å². The molecule has 3 heterocycles. The fourth-order valence-corrected chi connectivity index (χ4v) is 4.57. The number of hydrogen-bond acceptors (Lipinski definition) is 4. The first-order chi connectivity index (χ1) is 14.7. The Hall–Kier alpha value is -3.38. The van der Waals surface area contributed by atoms with Crippen LogP contribution in [0, 0.1) is 0 Å². The number of hydrogen-bond donors (Lipinski definition) is 1. The summed E-state index contributed by atoms with van der Waals surface area (Å²) >= 11 is 1.40. The number of nitrogens with zero attached hydrogens (tertiary/aromatic N) is 1. The van der Waals surface area contributed by atoms with Gasteiger partial charge in [-0.2, -0.15) is 0 Å². The molecule has 5 rings (SSSR count). The van der Waals surface area contributed by atoms with E-state index in [1.54, 1.807) is 11.0 Å². The smallest absolute Gasteiger partial charge is 0.264 e. The van der Waals surface area contributed by atoms with E-state index in [1.807, 2.05) is 66.0 Å². The van der Waals surface area contributed by atoms with Gasteiger partial charge in [0, 0.05) is 23.2 Å². The number of likely N-dealkylation sites (tertiary alicyclic amines) is 1. The van der Waals surface area contributed by atoms with Gasteiger partial charge in [0.1, 0.15) is 17.4 Å². The van der Waals surface area contributed by atoms with Gasteiger partial charge in [-0.05, 0) is 60.7 Å². The van der Waals surface area contributed by atoms with E-state index in [9.17, 15) is 9.59 Å². The van der Waals surface area contributed by atoms with Crippen molar-refractivity contribution in [2.45, 2.75) is 18.9 Å². The zero-order chi connectivity index (χ0) is 20.5. The van der Waals surface area contributed by atoms with Crippen molar-refractivity contribution in [3.8, 4) is 11.3 Å². The molecule has 1 atom stereocenters. The number of rotatable bonds is 4. The molecule has 4 aromatic rings. The number of carbonyl (C=O) groups is 2. The number of anilines is 1. The third-order valence-electron chi connectivity index (χ3n) is 5.41. The molecular formula is C24H20N2O3S. The summed E-state index contributed by atoms with van der Waals surface area (Å²) in [5.41, 5.74) is 2.50. The maximum atomic E-state index is 12.9. The standard InChI is InChI=1S/C24H20N2O3S/c27-23(19-6-3-13-26(19)24(28)22-8-4-14-30-22)25-18-11-9-16(10-12-18)21-15-17-5-1-2-7-20(17)29-21/h1-2,4-5,7-12,14-15,19H,3,6,13H2,(H,25,27)/t19-/m1/s1. The van der Waals surface area contributed by atoms with Crippen LogP contribution in [0.25, 0.3) is 22.3 Å². The van der Waals surface area contributed by atoms with Crippen LogP contribution in [0.3, 0.4) is 0 Å². The number of amides is 2. The summed E-state index contributed by atoms with van der Waals surface area (Å²) in [6, 6.07) is 20.7. The number of fused-ring (bicyclic) bond motifs is 1. The highest BCUT2D eigenvalue weighted by Crippen LogP contribution is 2.29. The summed E-state index contributed by atoms with van der Waals surface area (Å²) in [6.45, 7) is 0.611. The second-order valence-electron chi connectivity index (χ2n) is 7.35. The molecular weight excluding hydrogens is 396 g/mol. The molecule has 1 N–H and O–H groups in total.